The Kier molecular flexibility index (Phi) is 4.42. The first-order valence-electron chi connectivity index (χ1n) is 6.24. The van der Waals surface area contributed by atoms with E-state index in [-0.39, 0.29) is 0 Å². The van der Waals surface area contributed by atoms with Gasteiger partial charge < -0.3 is 10.5 Å². The van der Waals surface area contributed by atoms with Gasteiger partial charge in [0.05, 0.1) is 15.9 Å². The van der Waals surface area contributed by atoms with Crippen molar-refractivity contribution < 1.29 is 4.74 Å². The van der Waals surface area contributed by atoms with Gasteiger partial charge in [-0.25, -0.2) is 4.98 Å². The van der Waals surface area contributed by atoms with E-state index in [4.69, 9.17) is 10.5 Å². The molecule has 0 unspecified atom stereocenters. The Hall–Kier alpha value is -1.56. The van der Waals surface area contributed by atoms with Crippen LogP contribution in [0.2, 0.25) is 0 Å². The van der Waals surface area contributed by atoms with Crippen LogP contribution in [0.25, 0.3) is 0 Å². The molecule has 0 fully saturated rings. The topological polar surface area (TPSA) is 66.0 Å². The Labute approximate surface area is 120 Å². The molecule has 0 aromatic carbocycles. The third-order valence-corrected chi connectivity index (χ3v) is 3.77. The second-order valence-corrected chi connectivity index (χ2v) is 4.85. The van der Waals surface area contributed by atoms with Gasteiger partial charge in [0.25, 0.3) is 0 Å². The number of ether oxygens (including phenoxy) is 1. The highest BCUT2D eigenvalue weighted by Gasteiger charge is 2.14. The van der Waals surface area contributed by atoms with Crippen LogP contribution in [-0.2, 0) is 19.6 Å². The van der Waals surface area contributed by atoms with Gasteiger partial charge in [-0.1, -0.05) is 6.92 Å². The predicted molar refractivity (Wildman–Crippen MR) is 78.0 cm³/mol. The van der Waals surface area contributed by atoms with Crippen LogP contribution in [0.15, 0.2) is 22.8 Å². The van der Waals surface area contributed by atoms with Crippen LogP contribution in [0.4, 0.5) is 5.82 Å². The van der Waals surface area contributed by atoms with Crippen molar-refractivity contribution in [3.63, 3.8) is 0 Å². The van der Waals surface area contributed by atoms with Crippen molar-refractivity contribution in [2.24, 2.45) is 0 Å². The molecule has 5 nitrogen and oxygen atoms in total. The third kappa shape index (κ3) is 2.89. The second-order valence-electron chi connectivity index (χ2n) is 4.05. The first-order chi connectivity index (χ1) is 9.17. The molecule has 2 N–H and O–H groups in total. The number of aromatic nitrogens is 3. The van der Waals surface area contributed by atoms with Gasteiger partial charge in [-0.3, -0.25) is 4.68 Å². The molecule has 2 aromatic rings. The molecule has 0 bridgehead atoms. The molecule has 0 radical (unpaired) electrons. The zero-order valence-electron chi connectivity index (χ0n) is 11.1. The van der Waals surface area contributed by atoms with E-state index in [0.717, 1.165) is 28.8 Å². The molecule has 2 heterocycles. The number of hydrogen-bond acceptors (Lipinski definition) is 4. The first-order valence-corrected chi connectivity index (χ1v) is 7.04. The number of hydrogen-bond donors (Lipinski definition) is 1. The molecule has 19 heavy (non-hydrogen) atoms. The minimum atomic E-state index is 0.400. The number of pyridine rings is 1. The summed E-state index contributed by atoms with van der Waals surface area (Å²) < 4.78 is 8.68. The van der Waals surface area contributed by atoms with Crippen LogP contribution >= 0.6 is 15.9 Å². The van der Waals surface area contributed by atoms with E-state index in [1.807, 2.05) is 10.7 Å². The number of anilines is 1. The lowest BCUT2D eigenvalue weighted by atomic mass is 10.3. The second kappa shape index (κ2) is 6.06. The summed E-state index contributed by atoms with van der Waals surface area (Å²) in [6.07, 6.45) is 2.53. The molecule has 0 aliphatic heterocycles. The lowest BCUT2D eigenvalue weighted by Gasteiger charge is -2.09. The number of nitrogens with two attached hydrogens (primary N) is 1. The van der Waals surface area contributed by atoms with E-state index in [2.05, 4.69) is 39.9 Å². The molecule has 6 heteroatoms. The molecule has 0 saturated carbocycles. The van der Waals surface area contributed by atoms with E-state index in [1.165, 1.54) is 0 Å². The lowest BCUT2D eigenvalue weighted by molar-refractivity contribution is 0.292. The lowest BCUT2D eigenvalue weighted by Crippen LogP contribution is -2.07. The Balaban J connectivity index is 2.20. The number of aryl methyl sites for hydroxylation is 2. The Morgan fingerprint density at radius 3 is 2.84 bits per heavy atom. The maximum atomic E-state index is 5.75. The fourth-order valence-corrected chi connectivity index (χ4v) is 2.50. The van der Waals surface area contributed by atoms with Crippen LogP contribution in [0, 0.1) is 0 Å². The Morgan fingerprint density at radius 2 is 2.21 bits per heavy atom. The van der Waals surface area contributed by atoms with Crippen molar-refractivity contribution >= 4 is 21.7 Å². The summed E-state index contributed by atoms with van der Waals surface area (Å²) in [4.78, 5) is 4.00. The summed E-state index contributed by atoms with van der Waals surface area (Å²) in [5.74, 6) is 0.994. The third-order valence-electron chi connectivity index (χ3n) is 2.86. The molecule has 0 saturated heterocycles. The largest absolute Gasteiger partial charge is 0.483 e. The summed E-state index contributed by atoms with van der Waals surface area (Å²) in [7, 11) is 0. The summed E-state index contributed by atoms with van der Waals surface area (Å²) in [5, 5.41) is 4.52. The van der Waals surface area contributed by atoms with Crippen LogP contribution in [0.3, 0.4) is 0 Å². The van der Waals surface area contributed by atoms with Gasteiger partial charge in [-0.15, -0.1) is 0 Å². The summed E-state index contributed by atoms with van der Waals surface area (Å²) in [6, 6.07) is 3.61. The highest BCUT2D eigenvalue weighted by molar-refractivity contribution is 9.10. The normalized spacial score (nSPS) is 10.7. The summed E-state index contributed by atoms with van der Waals surface area (Å²) in [6.45, 7) is 5.36. The molecule has 0 aliphatic carbocycles. The molecular formula is C13H17BrN4O. The van der Waals surface area contributed by atoms with Gasteiger partial charge in [0.1, 0.15) is 6.61 Å². The maximum absolute atomic E-state index is 5.75. The van der Waals surface area contributed by atoms with Crippen molar-refractivity contribution in [1.82, 2.24) is 14.8 Å². The minimum absolute atomic E-state index is 0.400. The van der Waals surface area contributed by atoms with Crippen LogP contribution < -0.4 is 10.5 Å². The fraction of sp³-hybridized carbons (Fsp3) is 0.385. The predicted octanol–water partition coefficient (Wildman–Crippen LogP) is 2.78. The molecule has 2 rings (SSSR count). The average Bonchev–Trinajstić information content (AvgIpc) is 2.74. The van der Waals surface area contributed by atoms with Crippen molar-refractivity contribution in [3.05, 3.63) is 34.2 Å². The molecule has 0 aliphatic rings. The zero-order valence-corrected chi connectivity index (χ0v) is 12.6. The van der Waals surface area contributed by atoms with Gasteiger partial charge in [0.2, 0.25) is 0 Å². The van der Waals surface area contributed by atoms with Gasteiger partial charge >= 0.3 is 0 Å². The van der Waals surface area contributed by atoms with Crippen molar-refractivity contribution in [1.29, 1.82) is 0 Å². The van der Waals surface area contributed by atoms with E-state index >= 15 is 0 Å². The van der Waals surface area contributed by atoms with Crippen molar-refractivity contribution in [2.45, 2.75) is 33.4 Å². The fourth-order valence-electron chi connectivity index (χ4n) is 1.83. The summed E-state index contributed by atoms with van der Waals surface area (Å²) >= 11 is 3.58. The van der Waals surface area contributed by atoms with Crippen LogP contribution in [-0.4, -0.2) is 14.8 Å². The smallest absolute Gasteiger partial charge is 0.166 e. The molecule has 0 amide bonds. The van der Waals surface area contributed by atoms with Gasteiger partial charge in [0, 0.05) is 12.7 Å². The van der Waals surface area contributed by atoms with E-state index in [9.17, 15) is 0 Å². The average molecular weight is 325 g/mol. The van der Waals surface area contributed by atoms with Crippen molar-refractivity contribution in [3.8, 4) is 5.75 Å². The van der Waals surface area contributed by atoms with E-state index in [0.29, 0.717) is 18.2 Å². The highest BCUT2D eigenvalue weighted by atomic mass is 79.9. The first kappa shape index (κ1) is 13.9. The monoisotopic (exact) mass is 324 g/mol. The minimum Gasteiger partial charge on any atom is -0.483 e. The molecule has 0 spiro atoms. The molecular weight excluding hydrogens is 308 g/mol. The molecule has 102 valence electrons. The highest BCUT2D eigenvalue weighted by Crippen LogP contribution is 2.25. The number of halogens is 1. The van der Waals surface area contributed by atoms with E-state index < -0.39 is 0 Å². The van der Waals surface area contributed by atoms with Crippen LogP contribution in [0.1, 0.15) is 25.2 Å². The Morgan fingerprint density at radius 1 is 1.42 bits per heavy atom. The number of nitrogen functional groups attached to an aromatic ring is 1. The standard InChI is InChI=1S/C13H17BrN4O/c1-3-9-12(14)10(18(4-2)17-9)8-19-11-6-5-7-16-13(11)15/h5-7H,3-4,8H2,1-2H3,(H2,15,16). The maximum Gasteiger partial charge on any atom is 0.166 e. The number of rotatable bonds is 5. The summed E-state index contributed by atoms with van der Waals surface area (Å²) in [5.41, 5.74) is 7.81. The van der Waals surface area contributed by atoms with E-state index in [1.54, 1.807) is 12.3 Å². The van der Waals surface area contributed by atoms with Crippen LogP contribution in [0.5, 0.6) is 5.75 Å². The van der Waals surface area contributed by atoms with Gasteiger partial charge in [-0.2, -0.15) is 5.10 Å². The molecule has 0 atom stereocenters. The Bertz CT molecular complexity index is 568. The number of nitrogens with zero attached hydrogens (tertiary/aromatic N) is 3. The molecule has 2 aromatic heterocycles. The van der Waals surface area contributed by atoms with Gasteiger partial charge in [0.15, 0.2) is 11.6 Å². The zero-order chi connectivity index (χ0) is 13.8. The van der Waals surface area contributed by atoms with Crippen molar-refractivity contribution in [2.75, 3.05) is 5.73 Å². The quantitative estimate of drug-likeness (QED) is 0.918. The SMILES string of the molecule is CCc1nn(CC)c(COc2cccnc2N)c1Br. The van der Waals surface area contributed by atoms with Gasteiger partial charge in [-0.05, 0) is 41.4 Å².